The number of anilines is 2. The molecule has 0 unspecified atom stereocenters. The van der Waals surface area contributed by atoms with Gasteiger partial charge in [0, 0.05) is 29.8 Å². The summed E-state index contributed by atoms with van der Waals surface area (Å²) >= 11 is 0. The predicted octanol–water partition coefficient (Wildman–Crippen LogP) is 4.12. The lowest BCUT2D eigenvalue weighted by Crippen LogP contribution is -2.49. The summed E-state index contributed by atoms with van der Waals surface area (Å²) in [6, 6.07) is 7.30. The Bertz CT molecular complexity index is 1270. The van der Waals surface area contributed by atoms with E-state index in [4.69, 9.17) is 4.74 Å². The van der Waals surface area contributed by atoms with Crippen LogP contribution in [0.1, 0.15) is 43.9 Å². The van der Waals surface area contributed by atoms with E-state index in [0.29, 0.717) is 22.6 Å². The van der Waals surface area contributed by atoms with E-state index in [1.807, 2.05) is 26.8 Å². The standard InChI is InChI=1S/C24H28FN3O5S/c1-24(2,3)18-14-17(28-11-10-21(29)26-23(28)30)13-16(22(18)33-4)8-6-15-7-9-20(19(25)12-15)27-34(5,31)32/h6-9,12-14,27H,10-11H2,1-5H3,(H,26,29,30)/b8-6+. The Balaban J connectivity index is 2.04. The molecule has 182 valence electrons. The SMILES string of the molecule is COc1c(/C=C/c2ccc(NS(C)(=O)=O)c(F)c2)cc(N2CCC(=O)NC2=O)cc1C(C)(C)C. The van der Waals surface area contributed by atoms with Gasteiger partial charge < -0.3 is 4.74 Å². The highest BCUT2D eigenvalue weighted by atomic mass is 32.2. The van der Waals surface area contributed by atoms with Crippen LogP contribution in [0, 0.1) is 5.82 Å². The van der Waals surface area contributed by atoms with Crippen molar-refractivity contribution in [3.8, 4) is 5.75 Å². The van der Waals surface area contributed by atoms with Gasteiger partial charge in [0.2, 0.25) is 15.9 Å². The number of imide groups is 1. The molecule has 0 saturated carbocycles. The van der Waals surface area contributed by atoms with Crippen LogP contribution in [0.3, 0.4) is 0 Å². The second-order valence-corrected chi connectivity index (χ2v) is 10.8. The molecule has 34 heavy (non-hydrogen) atoms. The van der Waals surface area contributed by atoms with Gasteiger partial charge in [0.1, 0.15) is 11.6 Å². The summed E-state index contributed by atoms with van der Waals surface area (Å²) in [5.41, 5.74) is 2.16. The molecule has 0 atom stereocenters. The Kier molecular flexibility index (Phi) is 7.02. The third-order valence-electron chi connectivity index (χ3n) is 5.22. The third kappa shape index (κ3) is 5.93. The van der Waals surface area contributed by atoms with Crippen molar-refractivity contribution in [1.29, 1.82) is 0 Å². The van der Waals surface area contributed by atoms with Gasteiger partial charge in [-0.15, -0.1) is 0 Å². The van der Waals surface area contributed by atoms with Crippen LogP contribution < -0.4 is 19.7 Å². The van der Waals surface area contributed by atoms with Gasteiger partial charge in [0.05, 0.1) is 19.1 Å². The number of halogens is 1. The molecule has 3 rings (SSSR count). The molecule has 0 aromatic heterocycles. The van der Waals surface area contributed by atoms with Crippen LogP contribution >= 0.6 is 0 Å². The molecule has 1 fully saturated rings. The van der Waals surface area contributed by atoms with Crippen molar-refractivity contribution in [2.75, 3.05) is 29.5 Å². The molecular formula is C24H28FN3O5S. The van der Waals surface area contributed by atoms with Crippen molar-refractivity contribution < 1.29 is 27.1 Å². The molecular weight excluding hydrogens is 461 g/mol. The van der Waals surface area contributed by atoms with Crippen LogP contribution in [0.2, 0.25) is 0 Å². The molecule has 1 aliphatic heterocycles. The number of urea groups is 1. The van der Waals surface area contributed by atoms with Gasteiger partial charge in [0.25, 0.3) is 0 Å². The van der Waals surface area contributed by atoms with Crippen LogP contribution in [0.15, 0.2) is 30.3 Å². The number of nitrogens with zero attached hydrogens (tertiary/aromatic N) is 1. The average Bonchev–Trinajstić information content (AvgIpc) is 2.72. The number of hydrogen-bond donors (Lipinski definition) is 2. The van der Waals surface area contributed by atoms with Crippen molar-refractivity contribution in [3.05, 3.63) is 52.8 Å². The summed E-state index contributed by atoms with van der Waals surface area (Å²) in [7, 11) is -2.05. The lowest BCUT2D eigenvalue weighted by molar-refractivity contribution is -0.120. The topological polar surface area (TPSA) is 105 Å². The molecule has 2 N–H and O–H groups in total. The number of carbonyl (C=O) groups is 2. The number of carbonyl (C=O) groups excluding carboxylic acids is 2. The summed E-state index contributed by atoms with van der Waals surface area (Å²) in [6.07, 6.45) is 4.55. The Morgan fingerprint density at radius 3 is 2.41 bits per heavy atom. The van der Waals surface area contributed by atoms with Crippen LogP contribution in [-0.2, 0) is 20.2 Å². The highest BCUT2D eigenvalue weighted by Crippen LogP contribution is 2.39. The first kappa shape index (κ1) is 25.2. The molecule has 0 bridgehead atoms. The summed E-state index contributed by atoms with van der Waals surface area (Å²) in [6.45, 7) is 6.31. The fourth-order valence-corrected chi connectivity index (χ4v) is 4.18. The van der Waals surface area contributed by atoms with E-state index < -0.39 is 21.9 Å². The third-order valence-corrected chi connectivity index (χ3v) is 5.81. The van der Waals surface area contributed by atoms with E-state index in [1.54, 1.807) is 31.4 Å². The van der Waals surface area contributed by atoms with Gasteiger partial charge in [-0.3, -0.25) is 19.7 Å². The van der Waals surface area contributed by atoms with Gasteiger partial charge in [-0.2, -0.15) is 0 Å². The van der Waals surface area contributed by atoms with Crippen molar-refractivity contribution in [3.63, 3.8) is 0 Å². The maximum atomic E-state index is 14.4. The summed E-state index contributed by atoms with van der Waals surface area (Å²) < 4.78 is 45.0. The second kappa shape index (κ2) is 9.46. The minimum atomic E-state index is -3.60. The van der Waals surface area contributed by atoms with E-state index >= 15 is 0 Å². The number of amides is 3. The van der Waals surface area contributed by atoms with E-state index in [1.165, 1.54) is 17.0 Å². The molecule has 2 aromatic rings. The number of benzene rings is 2. The lowest BCUT2D eigenvalue weighted by atomic mass is 9.84. The normalized spacial score (nSPS) is 14.9. The average molecular weight is 490 g/mol. The fourth-order valence-electron chi connectivity index (χ4n) is 3.61. The fraction of sp³-hybridized carbons (Fsp3) is 0.333. The van der Waals surface area contributed by atoms with Gasteiger partial charge in [0.15, 0.2) is 0 Å². The Morgan fingerprint density at radius 1 is 1.15 bits per heavy atom. The van der Waals surface area contributed by atoms with Crippen molar-refractivity contribution >= 4 is 45.5 Å². The zero-order valence-corrected chi connectivity index (χ0v) is 20.5. The molecule has 2 aromatic carbocycles. The number of methoxy groups -OCH3 is 1. The summed E-state index contributed by atoms with van der Waals surface area (Å²) in [5, 5.41) is 2.33. The van der Waals surface area contributed by atoms with Crippen LogP contribution in [0.25, 0.3) is 12.2 Å². The van der Waals surface area contributed by atoms with Crippen LogP contribution in [0.5, 0.6) is 5.75 Å². The van der Waals surface area contributed by atoms with E-state index in [2.05, 4.69) is 10.0 Å². The zero-order chi connectivity index (χ0) is 25.3. The van der Waals surface area contributed by atoms with Crippen LogP contribution in [-0.4, -0.2) is 40.3 Å². The molecule has 0 radical (unpaired) electrons. The molecule has 3 amide bonds. The molecule has 0 spiro atoms. The Labute approximate surface area is 198 Å². The van der Waals surface area contributed by atoms with Gasteiger partial charge in [-0.05, 0) is 35.2 Å². The molecule has 1 aliphatic rings. The van der Waals surface area contributed by atoms with E-state index in [0.717, 1.165) is 11.8 Å². The molecule has 8 nitrogen and oxygen atoms in total. The van der Waals surface area contributed by atoms with E-state index in [9.17, 15) is 22.4 Å². The van der Waals surface area contributed by atoms with Gasteiger partial charge in [-0.1, -0.05) is 39.0 Å². The smallest absolute Gasteiger partial charge is 0.328 e. The van der Waals surface area contributed by atoms with Crippen molar-refractivity contribution in [2.45, 2.75) is 32.6 Å². The minimum absolute atomic E-state index is 0.139. The highest BCUT2D eigenvalue weighted by Gasteiger charge is 2.28. The summed E-state index contributed by atoms with van der Waals surface area (Å²) in [5.74, 6) is -0.420. The number of nitrogens with one attached hydrogen (secondary N) is 2. The van der Waals surface area contributed by atoms with E-state index in [-0.39, 0.29) is 30.0 Å². The second-order valence-electron chi connectivity index (χ2n) is 9.07. The zero-order valence-electron chi connectivity index (χ0n) is 19.7. The largest absolute Gasteiger partial charge is 0.496 e. The first-order chi connectivity index (χ1) is 15.8. The molecule has 1 saturated heterocycles. The number of ether oxygens (including phenoxy) is 1. The quantitative estimate of drug-likeness (QED) is 0.594. The predicted molar refractivity (Wildman–Crippen MR) is 131 cm³/mol. The summed E-state index contributed by atoms with van der Waals surface area (Å²) in [4.78, 5) is 25.5. The van der Waals surface area contributed by atoms with Crippen molar-refractivity contribution in [1.82, 2.24) is 5.32 Å². The lowest BCUT2D eigenvalue weighted by Gasteiger charge is -2.30. The maximum absolute atomic E-state index is 14.4. The monoisotopic (exact) mass is 489 g/mol. The van der Waals surface area contributed by atoms with Gasteiger partial charge in [-0.25, -0.2) is 17.6 Å². The number of rotatable bonds is 6. The Hall–Kier alpha value is -3.40. The molecule has 0 aliphatic carbocycles. The van der Waals surface area contributed by atoms with Gasteiger partial charge >= 0.3 is 6.03 Å². The molecule has 10 heteroatoms. The first-order valence-electron chi connectivity index (χ1n) is 10.6. The highest BCUT2D eigenvalue weighted by molar-refractivity contribution is 7.92. The number of hydrogen-bond acceptors (Lipinski definition) is 5. The first-order valence-corrected chi connectivity index (χ1v) is 12.5. The minimum Gasteiger partial charge on any atom is -0.496 e. The molecule has 1 heterocycles. The van der Waals surface area contributed by atoms with Crippen LogP contribution in [0.4, 0.5) is 20.6 Å². The maximum Gasteiger partial charge on any atom is 0.328 e. The van der Waals surface area contributed by atoms with Crippen molar-refractivity contribution in [2.24, 2.45) is 0 Å². The number of sulfonamides is 1. The Morgan fingerprint density at radius 2 is 1.85 bits per heavy atom.